The molecule has 0 aliphatic carbocycles. The van der Waals surface area contributed by atoms with Gasteiger partial charge in [0.2, 0.25) is 5.91 Å². The first kappa shape index (κ1) is 16.0. The minimum absolute atomic E-state index is 0.137. The Labute approximate surface area is 127 Å². The van der Waals surface area contributed by atoms with Crippen molar-refractivity contribution in [2.75, 3.05) is 25.1 Å². The molecule has 1 aliphatic rings. The number of carbonyl (C=O) groups excluding carboxylic acids is 1. The summed E-state index contributed by atoms with van der Waals surface area (Å²) >= 11 is 0. The van der Waals surface area contributed by atoms with Gasteiger partial charge in [0.25, 0.3) is 0 Å². The van der Waals surface area contributed by atoms with Crippen molar-refractivity contribution in [2.45, 2.75) is 26.2 Å². The highest BCUT2D eigenvalue weighted by atomic mass is 32.2. The zero-order valence-corrected chi connectivity index (χ0v) is 13.5. The number of aryl methyl sites for hydroxylation is 1. The van der Waals surface area contributed by atoms with Crippen LogP contribution in [0.3, 0.4) is 0 Å². The molecule has 1 fully saturated rings. The maximum absolute atomic E-state index is 12.3. The van der Waals surface area contributed by atoms with Crippen LogP contribution in [0.15, 0.2) is 24.3 Å². The molecule has 1 heterocycles. The number of rotatable bonds is 4. The molecular formula is C16H23NO3S. The van der Waals surface area contributed by atoms with Crippen molar-refractivity contribution in [1.82, 2.24) is 4.90 Å². The molecule has 1 aromatic carbocycles. The van der Waals surface area contributed by atoms with Crippen LogP contribution in [0, 0.1) is 12.8 Å². The van der Waals surface area contributed by atoms with E-state index in [2.05, 4.69) is 0 Å². The number of nitrogens with zero attached hydrogens (tertiary/aromatic N) is 1. The molecule has 1 amide bonds. The summed E-state index contributed by atoms with van der Waals surface area (Å²) in [6.45, 7) is 3.36. The molecule has 116 valence electrons. The second-order valence-corrected chi connectivity index (χ2v) is 8.27. The Hall–Kier alpha value is -1.36. The third-order valence-corrected chi connectivity index (χ3v) is 5.02. The van der Waals surface area contributed by atoms with E-state index in [1.807, 2.05) is 36.1 Å². The minimum atomic E-state index is -2.92. The molecule has 5 heteroatoms. The fraction of sp³-hybridized carbons (Fsp3) is 0.562. The molecule has 2 rings (SSSR count). The number of piperidine rings is 1. The fourth-order valence-corrected chi connectivity index (χ4v) is 4.08. The fourth-order valence-electron chi connectivity index (χ4n) is 2.89. The minimum Gasteiger partial charge on any atom is -0.342 e. The van der Waals surface area contributed by atoms with E-state index in [9.17, 15) is 13.2 Å². The van der Waals surface area contributed by atoms with Crippen LogP contribution in [-0.2, 0) is 21.1 Å². The molecule has 4 nitrogen and oxygen atoms in total. The van der Waals surface area contributed by atoms with Gasteiger partial charge in [-0.1, -0.05) is 29.8 Å². The van der Waals surface area contributed by atoms with Gasteiger partial charge in [-0.15, -0.1) is 0 Å². The Balaban J connectivity index is 1.86. The van der Waals surface area contributed by atoms with Crippen LogP contribution >= 0.6 is 0 Å². The van der Waals surface area contributed by atoms with Crippen molar-refractivity contribution >= 4 is 15.7 Å². The molecule has 1 saturated heterocycles. The monoisotopic (exact) mass is 309 g/mol. The number of amides is 1. The molecule has 0 atom stereocenters. The standard InChI is InChI=1S/C16H23NO3S/c1-13-4-3-5-15(10-13)11-16(18)17-8-6-14(7-9-17)12-21(2,19)20/h3-5,10,14H,6-9,11-12H2,1-2H3. The Morgan fingerprint density at radius 3 is 2.52 bits per heavy atom. The van der Waals surface area contributed by atoms with E-state index in [0.717, 1.165) is 24.0 Å². The number of benzene rings is 1. The summed E-state index contributed by atoms with van der Waals surface area (Å²) in [5.41, 5.74) is 2.20. The lowest BCUT2D eigenvalue weighted by atomic mass is 9.98. The van der Waals surface area contributed by atoms with Gasteiger partial charge in [0.15, 0.2) is 0 Å². The molecule has 0 aromatic heterocycles. The molecular weight excluding hydrogens is 286 g/mol. The highest BCUT2D eigenvalue weighted by molar-refractivity contribution is 7.90. The Morgan fingerprint density at radius 2 is 1.95 bits per heavy atom. The number of carbonyl (C=O) groups is 1. The molecule has 0 N–H and O–H groups in total. The first-order chi connectivity index (χ1) is 9.83. The summed E-state index contributed by atoms with van der Waals surface area (Å²) in [5, 5.41) is 0. The van der Waals surface area contributed by atoms with Crippen LogP contribution in [0.2, 0.25) is 0 Å². The summed E-state index contributed by atoms with van der Waals surface area (Å²) in [7, 11) is -2.92. The van der Waals surface area contributed by atoms with Gasteiger partial charge in [-0.25, -0.2) is 8.42 Å². The van der Waals surface area contributed by atoms with E-state index in [4.69, 9.17) is 0 Å². The maximum atomic E-state index is 12.3. The van der Waals surface area contributed by atoms with Gasteiger partial charge in [-0.05, 0) is 31.2 Å². The Kier molecular flexibility index (Phi) is 5.04. The van der Waals surface area contributed by atoms with Gasteiger partial charge in [-0.3, -0.25) is 4.79 Å². The lowest BCUT2D eigenvalue weighted by Gasteiger charge is -2.31. The lowest BCUT2D eigenvalue weighted by Crippen LogP contribution is -2.40. The predicted octanol–water partition coefficient (Wildman–Crippen LogP) is 1.82. The maximum Gasteiger partial charge on any atom is 0.226 e. The number of likely N-dealkylation sites (tertiary alicyclic amines) is 1. The molecule has 0 unspecified atom stereocenters. The highest BCUT2D eigenvalue weighted by Crippen LogP contribution is 2.19. The summed E-state index contributed by atoms with van der Waals surface area (Å²) in [4.78, 5) is 14.1. The van der Waals surface area contributed by atoms with Crippen LogP contribution < -0.4 is 0 Å². The second-order valence-electron chi connectivity index (χ2n) is 6.08. The zero-order chi connectivity index (χ0) is 15.5. The molecule has 0 spiro atoms. The average molecular weight is 309 g/mol. The molecule has 0 radical (unpaired) electrons. The third kappa shape index (κ3) is 5.16. The smallest absolute Gasteiger partial charge is 0.226 e. The summed E-state index contributed by atoms with van der Waals surface area (Å²) in [6.07, 6.45) is 3.28. The highest BCUT2D eigenvalue weighted by Gasteiger charge is 2.25. The van der Waals surface area contributed by atoms with Crippen molar-refractivity contribution in [3.8, 4) is 0 Å². The van der Waals surface area contributed by atoms with Gasteiger partial charge < -0.3 is 4.90 Å². The van der Waals surface area contributed by atoms with E-state index in [1.54, 1.807) is 0 Å². The SMILES string of the molecule is Cc1cccc(CC(=O)N2CCC(CS(C)(=O)=O)CC2)c1. The van der Waals surface area contributed by atoms with Crippen LogP contribution in [0.1, 0.15) is 24.0 Å². The van der Waals surface area contributed by atoms with Crippen molar-refractivity contribution < 1.29 is 13.2 Å². The van der Waals surface area contributed by atoms with E-state index in [-0.39, 0.29) is 17.6 Å². The van der Waals surface area contributed by atoms with Crippen molar-refractivity contribution in [1.29, 1.82) is 0 Å². The first-order valence-electron chi connectivity index (χ1n) is 7.34. The van der Waals surface area contributed by atoms with Crippen molar-refractivity contribution in [3.05, 3.63) is 35.4 Å². The van der Waals surface area contributed by atoms with Crippen molar-refractivity contribution in [3.63, 3.8) is 0 Å². The largest absolute Gasteiger partial charge is 0.342 e. The van der Waals surface area contributed by atoms with Crippen LogP contribution in [0.5, 0.6) is 0 Å². The topological polar surface area (TPSA) is 54.5 Å². The Bertz CT molecular complexity index is 602. The van der Waals surface area contributed by atoms with E-state index < -0.39 is 9.84 Å². The van der Waals surface area contributed by atoms with E-state index in [0.29, 0.717) is 19.5 Å². The van der Waals surface area contributed by atoms with E-state index in [1.165, 1.54) is 6.26 Å². The molecule has 1 aromatic rings. The van der Waals surface area contributed by atoms with Gasteiger partial charge in [-0.2, -0.15) is 0 Å². The first-order valence-corrected chi connectivity index (χ1v) is 9.40. The number of hydrogen-bond donors (Lipinski definition) is 0. The summed E-state index contributed by atoms with van der Waals surface area (Å²) in [5.74, 6) is 0.578. The van der Waals surface area contributed by atoms with Crippen molar-refractivity contribution in [2.24, 2.45) is 5.92 Å². The zero-order valence-electron chi connectivity index (χ0n) is 12.7. The normalized spacial score (nSPS) is 17.0. The number of hydrogen-bond acceptors (Lipinski definition) is 3. The second kappa shape index (κ2) is 6.60. The van der Waals surface area contributed by atoms with Crippen LogP contribution in [0.4, 0.5) is 0 Å². The quantitative estimate of drug-likeness (QED) is 0.852. The van der Waals surface area contributed by atoms with Gasteiger partial charge >= 0.3 is 0 Å². The average Bonchev–Trinajstić information content (AvgIpc) is 2.37. The molecule has 1 aliphatic heterocycles. The molecule has 21 heavy (non-hydrogen) atoms. The van der Waals surface area contributed by atoms with Crippen LogP contribution in [-0.4, -0.2) is 44.3 Å². The summed E-state index contributed by atoms with van der Waals surface area (Å²) in [6, 6.07) is 8.00. The van der Waals surface area contributed by atoms with E-state index >= 15 is 0 Å². The van der Waals surface area contributed by atoms with Gasteiger partial charge in [0.1, 0.15) is 9.84 Å². The third-order valence-electron chi connectivity index (χ3n) is 3.94. The molecule has 0 bridgehead atoms. The number of sulfone groups is 1. The lowest BCUT2D eigenvalue weighted by molar-refractivity contribution is -0.131. The Morgan fingerprint density at radius 1 is 1.29 bits per heavy atom. The molecule has 0 saturated carbocycles. The van der Waals surface area contributed by atoms with Gasteiger partial charge in [0, 0.05) is 19.3 Å². The predicted molar refractivity (Wildman–Crippen MR) is 83.9 cm³/mol. The summed E-state index contributed by atoms with van der Waals surface area (Å²) < 4.78 is 22.6. The van der Waals surface area contributed by atoms with Crippen LogP contribution in [0.25, 0.3) is 0 Å². The van der Waals surface area contributed by atoms with Gasteiger partial charge in [0.05, 0.1) is 12.2 Å².